The van der Waals surface area contributed by atoms with Crippen molar-refractivity contribution >= 4 is 11.8 Å². The van der Waals surface area contributed by atoms with E-state index < -0.39 is 6.10 Å². The molecule has 1 heterocycles. The Labute approximate surface area is 104 Å². The summed E-state index contributed by atoms with van der Waals surface area (Å²) in [6, 6.07) is 10.1. The van der Waals surface area contributed by atoms with Gasteiger partial charge in [0.1, 0.15) is 10.8 Å². The second kappa shape index (κ2) is 5.29. The van der Waals surface area contributed by atoms with Gasteiger partial charge in [-0.05, 0) is 36.8 Å². The third-order valence-electron chi connectivity index (χ3n) is 2.29. The van der Waals surface area contributed by atoms with E-state index in [1.54, 1.807) is 43.5 Å². The van der Waals surface area contributed by atoms with E-state index in [2.05, 4.69) is 4.98 Å². The van der Waals surface area contributed by atoms with E-state index in [1.165, 1.54) is 17.8 Å². The van der Waals surface area contributed by atoms with E-state index in [1.807, 2.05) is 0 Å². The Kier molecular flexibility index (Phi) is 3.76. The Balaban J connectivity index is 2.25. The molecule has 17 heavy (non-hydrogen) atoms. The summed E-state index contributed by atoms with van der Waals surface area (Å²) in [5.74, 6) is -0.262. The number of hydrogen-bond acceptors (Lipinski definition) is 3. The van der Waals surface area contributed by atoms with Crippen LogP contribution in [-0.4, -0.2) is 10.1 Å². The molecule has 2 nitrogen and oxygen atoms in total. The largest absolute Gasteiger partial charge is 0.389 e. The van der Waals surface area contributed by atoms with Crippen molar-refractivity contribution in [2.75, 3.05) is 0 Å². The van der Waals surface area contributed by atoms with Crippen molar-refractivity contribution in [3.05, 3.63) is 54.0 Å². The number of pyridine rings is 1. The van der Waals surface area contributed by atoms with E-state index in [0.29, 0.717) is 9.92 Å². The lowest BCUT2D eigenvalue weighted by Gasteiger charge is -2.06. The highest BCUT2D eigenvalue weighted by Gasteiger charge is 2.06. The zero-order chi connectivity index (χ0) is 12.3. The van der Waals surface area contributed by atoms with Gasteiger partial charge in [-0.3, -0.25) is 0 Å². The Hall–Kier alpha value is -1.39. The van der Waals surface area contributed by atoms with Gasteiger partial charge in [0.05, 0.1) is 6.10 Å². The fraction of sp³-hybridized carbons (Fsp3) is 0.154. The summed E-state index contributed by atoms with van der Waals surface area (Å²) in [5.41, 5.74) is 0.777. The first kappa shape index (κ1) is 12.1. The summed E-state index contributed by atoms with van der Waals surface area (Å²) in [6.07, 6.45) is 1.07. The van der Waals surface area contributed by atoms with Gasteiger partial charge in [0, 0.05) is 11.1 Å². The molecular formula is C13H12FNOS. The number of rotatable bonds is 3. The van der Waals surface area contributed by atoms with Gasteiger partial charge in [-0.2, -0.15) is 0 Å². The Morgan fingerprint density at radius 3 is 2.76 bits per heavy atom. The zero-order valence-corrected chi connectivity index (χ0v) is 10.1. The van der Waals surface area contributed by atoms with Crippen molar-refractivity contribution < 1.29 is 9.50 Å². The van der Waals surface area contributed by atoms with Crippen LogP contribution in [0.1, 0.15) is 18.6 Å². The van der Waals surface area contributed by atoms with Crippen LogP contribution in [0.5, 0.6) is 0 Å². The topological polar surface area (TPSA) is 33.1 Å². The highest BCUT2D eigenvalue weighted by Crippen LogP contribution is 2.29. The Morgan fingerprint density at radius 1 is 1.29 bits per heavy atom. The molecule has 0 aliphatic carbocycles. The number of nitrogens with zero attached hydrogens (tertiary/aromatic N) is 1. The summed E-state index contributed by atoms with van der Waals surface area (Å²) in [5, 5.41) is 10.1. The SMILES string of the molecule is CC(O)c1ccnc(Sc2ccccc2F)c1. The molecule has 0 bridgehead atoms. The molecule has 0 radical (unpaired) electrons. The van der Waals surface area contributed by atoms with Gasteiger partial charge in [0.2, 0.25) is 0 Å². The van der Waals surface area contributed by atoms with Crippen molar-refractivity contribution in [1.29, 1.82) is 0 Å². The van der Waals surface area contributed by atoms with E-state index in [0.717, 1.165) is 5.56 Å². The number of hydrogen-bond donors (Lipinski definition) is 1. The van der Waals surface area contributed by atoms with E-state index in [-0.39, 0.29) is 5.82 Å². The molecule has 88 valence electrons. The van der Waals surface area contributed by atoms with Gasteiger partial charge in [-0.15, -0.1) is 0 Å². The first-order valence-electron chi connectivity index (χ1n) is 5.23. The van der Waals surface area contributed by atoms with E-state index >= 15 is 0 Å². The molecule has 1 unspecified atom stereocenters. The number of halogens is 1. The molecule has 2 aromatic rings. The molecule has 0 spiro atoms. The fourth-order valence-corrected chi connectivity index (χ4v) is 2.23. The van der Waals surface area contributed by atoms with E-state index in [9.17, 15) is 9.50 Å². The van der Waals surface area contributed by atoms with Crippen LogP contribution in [0.15, 0.2) is 52.5 Å². The van der Waals surface area contributed by atoms with Gasteiger partial charge in [-0.25, -0.2) is 9.37 Å². The van der Waals surface area contributed by atoms with Gasteiger partial charge < -0.3 is 5.11 Å². The number of aliphatic hydroxyl groups excluding tert-OH is 1. The average Bonchev–Trinajstić information content (AvgIpc) is 2.32. The monoisotopic (exact) mass is 249 g/mol. The Bertz CT molecular complexity index is 516. The van der Waals surface area contributed by atoms with Crippen LogP contribution in [-0.2, 0) is 0 Å². The molecule has 0 fully saturated rings. The van der Waals surface area contributed by atoms with Crippen LogP contribution in [0.2, 0.25) is 0 Å². The molecule has 0 saturated heterocycles. The minimum Gasteiger partial charge on any atom is -0.389 e. The maximum Gasteiger partial charge on any atom is 0.137 e. The lowest BCUT2D eigenvalue weighted by Crippen LogP contribution is -1.92. The fourth-order valence-electron chi connectivity index (χ4n) is 1.38. The van der Waals surface area contributed by atoms with Crippen LogP contribution < -0.4 is 0 Å². The summed E-state index contributed by atoms with van der Waals surface area (Å²) < 4.78 is 13.4. The molecule has 1 aromatic heterocycles. The lowest BCUT2D eigenvalue weighted by atomic mass is 10.2. The van der Waals surface area contributed by atoms with Gasteiger partial charge >= 0.3 is 0 Å². The maximum absolute atomic E-state index is 13.4. The molecule has 2 rings (SSSR count). The third kappa shape index (κ3) is 3.05. The van der Waals surface area contributed by atoms with Crippen molar-refractivity contribution in [3.8, 4) is 0 Å². The Morgan fingerprint density at radius 2 is 2.06 bits per heavy atom. The van der Waals surface area contributed by atoms with Crippen molar-refractivity contribution in [2.24, 2.45) is 0 Å². The third-order valence-corrected chi connectivity index (χ3v) is 3.28. The summed E-state index contributed by atoms with van der Waals surface area (Å²) >= 11 is 1.25. The minimum atomic E-state index is -0.544. The normalized spacial score (nSPS) is 12.4. The predicted molar refractivity (Wildman–Crippen MR) is 65.4 cm³/mol. The highest BCUT2D eigenvalue weighted by atomic mass is 32.2. The molecule has 1 aromatic carbocycles. The predicted octanol–water partition coefficient (Wildman–Crippen LogP) is 3.43. The molecule has 1 atom stereocenters. The van der Waals surface area contributed by atoms with Crippen LogP contribution in [0, 0.1) is 5.82 Å². The van der Waals surface area contributed by atoms with Gasteiger partial charge in [0.15, 0.2) is 0 Å². The first-order chi connectivity index (χ1) is 8.16. The number of benzene rings is 1. The first-order valence-corrected chi connectivity index (χ1v) is 6.05. The molecular weight excluding hydrogens is 237 g/mol. The van der Waals surface area contributed by atoms with Crippen LogP contribution in [0.3, 0.4) is 0 Å². The zero-order valence-electron chi connectivity index (χ0n) is 9.30. The average molecular weight is 249 g/mol. The lowest BCUT2D eigenvalue weighted by molar-refractivity contribution is 0.199. The van der Waals surface area contributed by atoms with Crippen molar-refractivity contribution in [2.45, 2.75) is 22.9 Å². The molecule has 0 amide bonds. The molecule has 0 aliphatic heterocycles. The number of aliphatic hydroxyl groups is 1. The molecule has 4 heteroatoms. The quantitative estimate of drug-likeness (QED) is 0.904. The molecule has 0 saturated carbocycles. The molecule has 0 aliphatic rings. The molecule has 1 N–H and O–H groups in total. The van der Waals surface area contributed by atoms with Gasteiger partial charge in [0.25, 0.3) is 0 Å². The maximum atomic E-state index is 13.4. The number of aromatic nitrogens is 1. The summed E-state index contributed by atoms with van der Waals surface area (Å²) in [4.78, 5) is 4.67. The van der Waals surface area contributed by atoms with Gasteiger partial charge in [-0.1, -0.05) is 23.9 Å². The van der Waals surface area contributed by atoms with Crippen LogP contribution >= 0.6 is 11.8 Å². The van der Waals surface area contributed by atoms with Crippen molar-refractivity contribution in [3.63, 3.8) is 0 Å². The highest BCUT2D eigenvalue weighted by molar-refractivity contribution is 7.99. The standard InChI is InChI=1S/C13H12FNOS/c1-9(16)10-6-7-15-13(8-10)17-12-5-3-2-4-11(12)14/h2-9,16H,1H3. The van der Waals surface area contributed by atoms with E-state index in [4.69, 9.17) is 0 Å². The second-order valence-electron chi connectivity index (χ2n) is 3.64. The van der Waals surface area contributed by atoms with Crippen molar-refractivity contribution in [1.82, 2.24) is 4.98 Å². The van der Waals surface area contributed by atoms with Crippen LogP contribution in [0.25, 0.3) is 0 Å². The minimum absolute atomic E-state index is 0.262. The van der Waals surface area contributed by atoms with Crippen LogP contribution in [0.4, 0.5) is 4.39 Å². The smallest absolute Gasteiger partial charge is 0.137 e. The second-order valence-corrected chi connectivity index (χ2v) is 4.70. The summed E-state index contributed by atoms with van der Waals surface area (Å²) in [7, 11) is 0. The summed E-state index contributed by atoms with van der Waals surface area (Å²) in [6.45, 7) is 1.69.